The molecule has 2 aromatic heterocycles. The third-order valence-electron chi connectivity index (χ3n) is 4.34. The van der Waals surface area contributed by atoms with E-state index < -0.39 is 6.37 Å². The van der Waals surface area contributed by atoms with Crippen LogP contribution in [-0.2, 0) is 6.37 Å². The lowest BCUT2D eigenvalue weighted by atomic mass is 9.86. The van der Waals surface area contributed by atoms with Gasteiger partial charge in [-0.2, -0.15) is 0 Å². The Balaban J connectivity index is 2.02. The minimum Gasteiger partial charge on any atom is -0.255 e. The van der Waals surface area contributed by atoms with Crippen molar-refractivity contribution in [2.45, 2.75) is 13.3 Å². The molecular weight excluding hydrogens is 268 g/mol. The highest BCUT2D eigenvalue weighted by atomic mass is 14.8. The van der Waals surface area contributed by atoms with Gasteiger partial charge in [-0.25, -0.2) is 4.98 Å². The highest BCUT2D eigenvalue weighted by Gasteiger charge is 2.20. The van der Waals surface area contributed by atoms with E-state index in [0.717, 1.165) is 38.6 Å². The normalized spacial score (nSPS) is 16.2. The van der Waals surface area contributed by atoms with Crippen molar-refractivity contribution < 1.29 is 2.74 Å². The van der Waals surface area contributed by atoms with Crippen LogP contribution in [0.25, 0.3) is 33.1 Å². The van der Waals surface area contributed by atoms with Crippen LogP contribution in [0, 0.1) is 6.92 Å². The van der Waals surface area contributed by atoms with Crippen molar-refractivity contribution in [2.75, 3.05) is 0 Å². The lowest BCUT2D eigenvalue weighted by Gasteiger charge is -2.20. The van der Waals surface area contributed by atoms with E-state index in [0.29, 0.717) is 11.1 Å². The molecule has 0 fully saturated rings. The zero-order chi connectivity index (χ0) is 16.5. The number of hydrogen-bond acceptors (Lipinski definition) is 2. The van der Waals surface area contributed by atoms with Crippen LogP contribution < -0.4 is 0 Å². The Hall–Kier alpha value is -2.74. The van der Waals surface area contributed by atoms with Gasteiger partial charge in [0.15, 0.2) is 0 Å². The smallest absolute Gasteiger partial charge is 0.0923 e. The predicted molar refractivity (Wildman–Crippen MR) is 90.0 cm³/mol. The van der Waals surface area contributed by atoms with Gasteiger partial charge in [0.05, 0.1) is 16.7 Å². The lowest BCUT2D eigenvalue weighted by molar-refractivity contribution is 1.15. The van der Waals surface area contributed by atoms with E-state index in [-0.39, 0.29) is 0 Å². The fourth-order valence-corrected chi connectivity index (χ4v) is 3.29. The average molecular weight is 284 g/mol. The summed E-state index contributed by atoms with van der Waals surface area (Å²) in [6.07, 6.45) is 0.161. The van der Waals surface area contributed by atoms with E-state index in [1.54, 1.807) is 6.20 Å². The molecule has 4 aromatic rings. The SMILES string of the molecule is [2H]C1([2H])c2cc3nccc(C)c3nc2-c2cccc3cccc1c23. The predicted octanol–water partition coefficient (Wildman–Crippen LogP) is 4.66. The quantitative estimate of drug-likeness (QED) is 0.469. The standard InChI is InChI=1S/C20H14N2/c1-12-8-9-21-17-11-15-10-14-6-2-4-13-5-3-7-16(18(13)14)20(15)22-19(12)17/h2-9,11H,10H2,1H3/i10D2. The number of hydrogen-bond donors (Lipinski definition) is 0. The third kappa shape index (κ3) is 1.49. The first-order valence-corrected chi connectivity index (χ1v) is 7.37. The first kappa shape index (κ1) is 10.1. The molecule has 1 aliphatic rings. The van der Waals surface area contributed by atoms with Gasteiger partial charge < -0.3 is 0 Å². The molecule has 0 saturated carbocycles. The van der Waals surface area contributed by atoms with E-state index in [1.807, 2.05) is 55.5 Å². The zero-order valence-corrected chi connectivity index (χ0v) is 12.1. The monoisotopic (exact) mass is 284 g/mol. The summed E-state index contributed by atoms with van der Waals surface area (Å²) in [6.45, 7) is 2.01. The van der Waals surface area contributed by atoms with Crippen LogP contribution in [0.3, 0.4) is 0 Å². The van der Waals surface area contributed by atoms with E-state index in [2.05, 4.69) is 4.98 Å². The van der Waals surface area contributed by atoms with Gasteiger partial charge in [0.25, 0.3) is 0 Å². The van der Waals surface area contributed by atoms with Crippen LogP contribution in [0.15, 0.2) is 54.7 Å². The van der Waals surface area contributed by atoms with Gasteiger partial charge in [-0.15, -0.1) is 0 Å². The van der Waals surface area contributed by atoms with Crippen molar-refractivity contribution in [2.24, 2.45) is 0 Å². The number of benzene rings is 2. The molecule has 0 bridgehead atoms. The molecule has 5 rings (SSSR count). The molecule has 0 saturated heterocycles. The van der Waals surface area contributed by atoms with Crippen molar-refractivity contribution in [1.82, 2.24) is 9.97 Å². The topological polar surface area (TPSA) is 25.8 Å². The van der Waals surface area contributed by atoms with Crippen LogP contribution in [0.5, 0.6) is 0 Å². The Morgan fingerprint density at radius 1 is 1.05 bits per heavy atom. The zero-order valence-electron chi connectivity index (χ0n) is 14.1. The molecule has 2 heterocycles. The first-order chi connectivity index (χ1) is 11.6. The molecule has 104 valence electrons. The number of rotatable bonds is 0. The summed E-state index contributed by atoms with van der Waals surface area (Å²) in [7, 11) is 0. The Labute approximate surface area is 131 Å². The van der Waals surface area contributed by atoms with E-state index in [9.17, 15) is 0 Å². The van der Waals surface area contributed by atoms with Gasteiger partial charge in [0.2, 0.25) is 0 Å². The summed E-state index contributed by atoms with van der Waals surface area (Å²) in [6, 6.07) is 15.7. The largest absolute Gasteiger partial charge is 0.255 e. The van der Waals surface area contributed by atoms with Crippen molar-refractivity contribution in [3.05, 3.63) is 71.4 Å². The maximum Gasteiger partial charge on any atom is 0.0923 e. The van der Waals surface area contributed by atoms with Gasteiger partial charge in [-0.1, -0.05) is 36.4 Å². The minimum absolute atomic E-state index is 0.597. The van der Waals surface area contributed by atoms with Gasteiger partial charge in [-0.3, -0.25) is 4.98 Å². The number of pyridine rings is 2. The first-order valence-electron chi connectivity index (χ1n) is 8.37. The van der Waals surface area contributed by atoms with Gasteiger partial charge in [0, 0.05) is 20.9 Å². The second-order valence-electron chi connectivity index (χ2n) is 5.71. The summed E-state index contributed by atoms with van der Waals surface area (Å²) >= 11 is 0. The van der Waals surface area contributed by atoms with Crippen LogP contribution in [0.4, 0.5) is 0 Å². The molecule has 0 spiro atoms. The van der Waals surface area contributed by atoms with Crippen molar-refractivity contribution >= 4 is 21.8 Å². The molecule has 0 radical (unpaired) electrons. The molecule has 0 unspecified atom stereocenters. The number of aryl methyl sites for hydroxylation is 1. The molecule has 2 aromatic carbocycles. The highest BCUT2D eigenvalue weighted by Crippen LogP contribution is 2.39. The summed E-state index contributed by atoms with van der Waals surface area (Å²) in [4.78, 5) is 9.22. The summed E-state index contributed by atoms with van der Waals surface area (Å²) in [5.74, 6) is 0. The van der Waals surface area contributed by atoms with Crippen molar-refractivity contribution in [1.29, 1.82) is 0 Å². The minimum atomic E-state index is -1.59. The van der Waals surface area contributed by atoms with Gasteiger partial charge in [-0.05, 0) is 46.5 Å². The maximum absolute atomic E-state index is 8.75. The molecule has 0 amide bonds. The molecule has 1 aliphatic carbocycles. The number of aromatic nitrogens is 2. The Kier molecular flexibility index (Phi) is 1.89. The van der Waals surface area contributed by atoms with Crippen molar-refractivity contribution in [3.8, 4) is 11.3 Å². The van der Waals surface area contributed by atoms with Crippen LogP contribution in [-0.4, -0.2) is 9.97 Å². The fourth-order valence-electron chi connectivity index (χ4n) is 3.29. The fraction of sp³-hybridized carbons (Fsp3) is 0.100. The second kappa shape index (κ2) is 4.14. The molecule has 0 aliphatic heterocycles. The lowest BCUT2D eigenvalue weighted by Crippen LogP contribution is -2.04. The summed E-state index contributed by atoms with van der Waals surface area (Å²) < 4.78 is 17.5. The summed E-state index contributed by atoms with van der Waals surface area (Å²) in [5.41, 5.74) is 5.66. The third-order valence-corrected chi connectivity index (χ3v) is 4.34. The van der Waals surface area contributed by atoms with E-state index >= 15 is 0 Å². The van der Waals surface area contributed by atoms with Crippen LogP contribution in [0.2, 0.25) is 0 Å². The van der Waals surface area contributed by atoms with Crippen LogP contribution in [0.1, 0.15) is 19.4 Å². The van der Waals surface area contributed by atoms with Crippen molar-refractivity contribution in [3.63, 3.8) is 0 Å². The molecule has 2 heteroatoms. The molecule has 0 N–H and O–H groups in total. The molecule has 22 heavy (non-hydrogen) atoms. The Bertz CT molecular complexity index is 1140. The maximum atomic E-state index is 8.75. The average Bonchev–Trinajstić information content (AvgIpc) is 2.59. The van der Waals surface area contributed by atoms with E-state index in [4.69, 9.17) is 7.73 Å². The number of nitrogens with zero attached hydrogens (tertiary/aromatic N) is 2. The Morgan fingerprint density at radius 2 is 1.91 bits per heavy atom. The van der Waals surface area contributed by atoms with E-state index in [1.165, 1.54) is 0 Å². The van der Waals surface area contributed by atoms with Gasteiger partial charge >= 0.3 is 0 Å². The molecule has 0 atom stereocenters. The Morgan fingerprint density at radius 3 is 2.82 bits per heavy atom. The molecule has 2 nitrogen and oxygen atoms in total. The second-order valence-corrected chi connectivity index (χ2v) is 5.71. The summed E-state index contributed by atoms with van der Waals surface area (Å²) in [5, 5.41) is 2.01. The highest BCUT2D eigenvalue weighted by molar-refractivity contribution is 6.02. The van der Waals surface area contributed by atoms with Gasteiger partial charge in [0.1, 0.15) is 0 Å². The number of fused-ring (bicyclic) bond motifs is 3. The molecular formula is C20H14N2. The van der Waals surface area contributed by atoms with Crippen LogP contribution >= 0.6 is 0 Å².